The van der Waals surface area contributed by atoms with Crippen LogP contribution in [-0.4, -0.2) is 72.9 Å². The summed E-state index contributed by atoms with van der Waals surface area (Å²) < 4.78 is 11.7. The van der Waals surface area contributed by atoms with Gasteiger partial charge in [0.15, 0.2) is 5.75 Å². The number of amides is 2. The normalized spacial score (nSPS) is 23.8. The van der Waals surface area contributed by atoms with Crippen LogP contribution >= 0.6 is 11.3 Å². The summed E-state index contributed by atoms with van der Waals surface area (Å²) in [6, 6.07) is 7.03. The highest BCUT2D eigenvalue weighted by Crippen LogP contribution is 2.46. The second kappa shape index (κ2) is 11.3. The number of ether oxygens (including phenoxy) is 2. The van der Waals surface area contributed by atoms with Crippen molar-refractivity contribution < 1.29 is 24.2 Å². The van der Waals surface area contributed by atoms with Gasteiger partial charge in [-0.25, -0.2) is 19.8 Å². The van der Waals surface area contributed by atoms with E-state index in [2.05, 4.69) is 20.9 Å². The minimum Gasteiger partial charge on any atom is -0.491 e. The highest BCUT2D eigenvalue weighted by Gasteiger charge is 2.57. The summed E-state index contributed by atoms with van der Waals surface area (Å²) in [5.41, 5.74) is 3.37. The van der Waals surface area contributed by atoms with Crippen molar-refractivity contribution >= 4 is 45.5 Å². The maximum Gasteiger partial charge on any atom is 0.318 e. The number of urea groups is 1. The minimum absolute atomic E-state index is 0.319. The number of thiazole rings is 1. The summed E-state index contributed by atoms with van der Waals surface area (Å²) in [6.07, 6.45) is 5.52. The van der Waals surface area contributed by atoms with Gasteiger partial charge in [-0.3, -0.25) is 10.1 Å². The average molecular weight is 580 g/mol. The Morgan fingerprint density at radius 1 is 1.27 bits per heavy atom. The van der Waals surface area contributed by atoms with Gasteiger partial charge in [-0.2, -0.15) is 0 Å². The van der Waals surface area contributed by atoms with Crippen molar-refractivity contribution in [3.05, 3.63) is 42.1 Å². The smallest absolute Gasteiger partial charge is 0.318 e. The zero-order valence-electron chi connectivity index (χ0n) is 23.3. The molecule has 2 aromatic heterocycles. The average Bonchev–Trinajstić information content (AvgIpc) is 3.45. The number of carbonyl (C=O) groups is 2. The summed E-state index contributed by atoms with van der Waals surface area (Å²) in [6.45, 7) is 4.78. The van der Waals surface area contributed by atoms with E-state index in [0.29, 0.717) is 49.1 Å². The van der Waals surface area contributed by atoms with Crippen molar-refractivity contribution in [2.24, 2.45) is 16.3 Å². The molecule has 3 atom stereocenters. The predicted octanol–water partition coefficient (Wildman–Crippen LogP) is 3.45. The van der Waals surface area contributed by atoms with Crippen LogP contribution in [0.5, 0.6) is 11.6 Å². The number of aliphatic imine (C=N–C) groups is 1. The molecule has 4 N–H and O–H groups in total. The molecule has 1 aromatic carbocycles. The molecule has 1 saturated heterocycles. The van der Waals surface area contributed by atoms with Crippen molar-refractivity contribution in [3.63, 3.8) is 0 Å². The molecule has 0 radical (unpaired) electrons. The van der Waals surface area contributed by atoms with Crippen LogP contribution in [0.4, 0.5) is 10.5 Å². The Kier molecular flexibility index (Phi) is 7.82. The van der Waals surface area contributed by atoms with E-state index in [1.54, 1.807) is 44.1 Å². The van der Waals surface area contributed by atoms with E-state index in [0.717, 1.165) is 15.8 Å². The number of carboxylic acids is 1. The number of fused-ring (bicyclic) bond motifs is 1. The Morgan fingerprint density at radius 2 is 2.10 bits per heavy atom. The van der Waals surface area contributed by atoms with Crippen molar-refractivity contribution in [3.8, 4) is 22.9 Å². The van der Waals surface area contributed by atoms with Crippen LogP contribution in [0.2, 0.25) is 0 Å². The van der Waals surface area contributed by atoms with E-state index in [4.69, 9.17) is 19.5 Å². The third-order valence-electron chi connectivity index (χ3n) is 7.72. The van der Waals surface area contributed by atoms with E-state index in [1.165, 1.54) is 18.4 Å². The lowest BCUT2D eigenvalue weighted by Gasteiger charge is -2.52. The number of hydrogen-bond donors (Lipinski definition) is 4. The molecule has 0 saturated carbocycles. The molecule has 5 rings (SSSR count). The molecule has 0 spiro atoms. The number of rotatable bonds is 8. The van der Waals surface area contributed by atoms with Crippen LogP contribution in [0.15, 0.2) is 47.0 Å². The first kappa shape index (κ1) is 28.3. The van der Waals surface area contributed by atoms with Gasteiger partial charge in [0.25, 0.3) is 5.88 Å². The third-order valence-corrected chi connectivity index (χ3v) is 8.59. The van der Waals surface area contributed by atoms with E-state index in [1.807, 2.05) is 30.0 Å². The number of benzene rings is 1. The van der Waals surface area contributed by atoms with Crippen molar-refractivity contribution in [2.75, 3.05) is 38.8 Å². The molecule has 2 aliphatic rings. The molecular weight excluding hydrogens is 546 g/mol. The number of allylic oxidation sites excluding steroid dienone is 1. The second-order valence-electron chi connectivity index (χ2n) is 10.0. The summed E-state index contributed by atoms with van der Waals surface area (Å²) >= 11 is 1.48. The standard InChI is InChI=1S/C28H33N7O5S/c1-5-30-26(38)34-28(22-15-29-11-9-27(22,2)25(36)37)32-10-6-12-35(28)17-13-18(23-20(14-17)31-16-41-23)19-7-8-21(39-3)24(33-19)40-4/h6-8,10,12-14,16,22,29H,5,9,11,15H2,1-4H3,(H,36,37)(H2,30,34,38). The molecule has 13 heteroatoms. The number of aliphatic carboxylic acids is 1. The molecule has 3 unspecified atom stereocenters. The number of piperidine rings is 1. The first-order valence-electron chi connectivity index (χ1n) is 13.3. The molecule has 0 bridgehead atoms. The summed E-state index contributed by atoms with van der Waals surface area (Å²) in [4.78, 5) is 41.8. The number of pyridine rings is 1. The van der Waals surface area contributed by atoms with Gasteiger partial charge in [0.2, 0.25) is 5.79 Å². The lowest BCUT2D eigenvalue weighted by atomic mass is 9.68. The number of hydrogen-bond acceptors (Lipinski definition) is 10. The number of methoxy groups -OCH3 is 2. The molecule has 41 heavy (non-hydrogen) atoms. The predicted molar refractivity (Wildman–Crippen MR) is 158 cm³/mol. The largest absolute Gasteiger partial charge is 0.491 e. The zero-order valence-corrected chi connectivity index (χ0v) is 24.1. The van der Waals surface area contributed by atoms with Gasteiger partial charge in [0.05, 0.1) is 47.0 Å². The topological polar surface area (TPSA) is 150 Å². The van der Waals surface area contributed by atoms with Crippen molar-refractivity contribution in [1.29, 1.82) is 0 Å². The van der Waals surface area contributed by atoms with E-state index >= 15 is 0 Å². The molecule has 216 valence electrons. The Hall–Kier alpha value is -4.23. The first-order valence-corrected chi connectivity index (χ1v) is 14.1. The molecule has 3 aromatic rings. The highest BCUT2D eigenvalue weighted by atomic mass is 32.1. The molecular formula is C28H33N7O5S. The molecule has 4 heterocycles. The fourth-order valence-electron chi connectivity index (χ4n) is 5.55. The van der Waals surface area contributed by atoms with Gasteiger partial charge in [-0.15, -0.1) is 11.3 Å². The number of anilines is 1. The fourth-order valence-corrected chi connectivity index (χ4v) is 6.34. The van der Waals surface area contributed by atoms with Gasteiger partial charge in [-0.1, -0.05) is 0 Å². The number of carbonyl (C=O) groups excluding carboxylic acids is 1. The maximum absolute atomic E-state index is 13.1. The zero-order chi connectivity index (χ0) is 29.2. The Morgan fingerprint density at radius 3 is 2.83 bits per heavy atom. The van der Waals surface area contributed by atoms with Crippen molar-refractivity contribution in [2.45, 2.75) is 26.1 Å². The van der Waals surface area contributed by atoms with E-state index < -0.39 is 29.1 Å². The van der Waals surface area contributed by atoms with Crippen LogP contribution in [0.1, 0.15) is 20.3 Å². The number of aromatic nitrogens is 2. The molecule has 2 amide bonds. The van der Waals surface area contributed by atoms with Crippen LogP contribution in [0.25, 0.3) is 21.5 Å². The number of nitrogens with zero attached hydrogens (tertiary/aromatic N) is 4. The van der Waals surface area contributed by atoms with E-state index in [-0.39, 0.29) is 0 Å². The van der Waals surface area contributed by atoms with Crippen LogP contribution in [0, 0.1) is 11.3 Å². The molecule has 12 nitrogen and oxygen atoms in total. The van der Waals surface area contributed by atoms with Gasteiger partial charge in [0, 0.05) is 36.8 Å². The first-order chi connectivity index (χ1) is 19.8. The van der Waals surface area contributed by atoms with Gasteiger partial charge in [-0.05, 0) is 57.2 Å². The van der Waals surface area contributed by atoms with Crippen LogP contribution < -0.4 is 30.3 Å². The summed E-state index contributed by atoms with van der Waals surface area (Å²) in [5, 5.41) is 19.6. The number of carboxylic acid groups (broad SMARTS) is 1. The Bertz CT molecular complexity index is 1520. The summed E-state index contributed by atoms with van der Waals surface area (Å²) in [7, 11) is 3.08. The van der Waals surface area contributed by atoms with Gasteiger partial charge >= 0.3 is 12.0 Å². The van der Waals surface area contributed by atoms with Gasteiger partial charge in [0.1, 0.15) is 0 Å². The molecule has 0 aliphatic carbocycles. The monoisotopic (exact) mass is 579 g/mol. The van der Waals surface area contributed by atoms with Gasteiger partial charge < -0.3 is 30.1 Å². The lowest BCUT2D eigenvalue weighted by Crippen LogP contribution is -2.71. The maximum atomic E-state index is 13.1. The number of nitrogens with one attached hydrogen (secondary N) is 3. The SMILES string of the molecule is CCNC(=O)NC1(C2CNCCC2(C)C(=O)O)N=CC=CN1c1cc(-c2ccc(OC)c(OC)n2)c2scnc2c1. The van der Waals surface area contributed by atoms with Crippen LogP contribution in [0.3, 0.4) is 0 Å². The van der Waals surface area contributed by atoms with Crippen LogP contribution in [-0.2, 0) is 4.79 Å². The molecule has 1 fully saturated rings. The minimum atomic E-state index is -1.47. The summed E-state index contributed by atoms with van der Waals surface area (Å²) in [5.74, 6) is -2.23. The van der Waals surface area contributed by atoms with Crippen molar-refractivity contribution in [1.82, 2.24) is 25.9 Å². The van der Waals surface area contributed by atoms with E-state index in [9.17, 15) is 14.7 Å². The third kappa shape index (κ3) is 4.95. The fraction of sp³-hybridized carbons (Fsp3) is 0.393. The Balaban J connectivity index is 1.71. The highest BCUT2D eigenvalue weighted by molar-refractivity contribution is 7.17. The quantitative estimate of drug-likeness (QED) is 0.315. The lowest BCUT2D eigenvalue weighted by molar-refractivity contribution is -0.155. The molecule has 2 aliphatic heterocycles. The Labute approximate surface area is 241 Å². The second-order valence-corrected chi connectivity index (χ2v) is 10.9.